The van der Waals surface area contributed by atoms with Gasteiger partial charge in [0.05, 0.1) is 0 Å². The van der Waals surface area contributed by atoms with Crippen LogP contribution in [0.5, 0.6) is 0 Å². The summed E-state index contributed by atoms with van der Waals surface area (Å²) in [5.74, 6) is 0. The van der Waals surface area contributed by atoms with Crippen molar-refractivity contribution in [2.45, 2.75) is 60.4 Å². The molecule has 15 heavy (non-hydrogen) atoms. The zero-order valence-corrected chi connectivity index (χ0v) is 12.9. The van der Waals surface area contributed by atoms with Gasteiger partial charge in [0.15, 0.2) is 0 Å². The Labute approximate surface area is 101 Å². The van der Waals surface area contributed by atoms with Gasteiger partial charge in [-0.1, -0.05) is 0 Å². The van der Waals surface area contributed by atoms with Gasteiger partial charge in [0.25, 0.3) is 0 Å². The molecule has 0 aromatic rings. The van der Waals surface area contributed by atoms with E-state index in [1.807, 2.05) is 0 Å². The van der Waals surface area contributed by atoms with E-state index in [2.05, 4.69) is 45.9 Å². The van der Waals surface area contributed by atoms with Crippen LogP contribution in [-0.4, -0.2) is 0 Å². The first-order valence-electron chi connectivity index (χ1n) is 5.97. The molecule has 1 heteroatoms. The van der Waals surface area contributed by atoms with Crippen molar-refractivity contribution in [3.8, 4) is 0 Å². The van der Waals surface area contributed by atoms with Crippen molar-refractivity contribution >= 4 is 0 Å². The molecule has 0 fully saturated rings. The Balaban J connectivity index is 2.82. The van der Waals surface area contributed by atoms with E-state index in [-0.39, 0.29) is 0 Å². The summed E-state index contributed by atoms with van der Waals surface area (Å²) >= 11 is -0.763. The van der Waals surface area contributed by atoms with Crippen LogP contribution in [-0.2, 0) is 17.3 Å². The van der Waals surface area contributed by atoms with E-state index in [9.17, 15) is 0 Å². The maximum absolute atomic E-state index is 2.52. The van der Waals surface area contributed by atoms with Crippen LogP contribution in [0.25, 0.3) is 0 Å². The van der Waals surface area contributed by atoms with Gasteiger partial charge in [0.2, 0.25) is 0 Å². The van der Waals surface area contributed by atoms with E-state index in [4.69, 9.17) is 0 Å². The zero-order chi connectivity index (χ0) is 11.3. The monoisotopic (exact) mass is 388 g/mol. The van der Waals surface area contributed by atoms with E-state index in [1.54, 1.807) is 5.57 Å². The first kappa shape index (κ1) is 13.2. The third-order valence-corrected chi connectivity index (χ3v) is 11.6. The molecular formula is C14H25Pt. The predicted octanol–water partition coefficient (Wildman–Crippen LogP) is 5.35. The third kappa shape index (κ3) is 3.59. The normalized spacial score (nSPS) is 33.6. The Morgan fingerprint density at radius 2 is 2.00 bits per heavy atom. The summed E-state index contributed by atoms with van der Waals surface area (Å²) in [4.78, 5) is 2.93. The summed E-state index contributed by atoms with van der Waals surface area (Å²) in [5.41, 5.74) is 1.54. The SMILES string of the molecule is C[CH2][Pt]([CH2]C)[C]1(C)/C=C\C=C(\C)CCC1. The van der Waals surface area contributed by atoms with Gasteiger partial charge in [-0.15, -0.1) is 0 Å². The number of allylic oxidation sites excluding steroid dienone is 4. The molecule has 1 aliphatic carbocycles. The van der Waals surface area contributed by atoms with Gasteiger partial charge in [-0.25, -0.2) is 0 Å². The van der Waals surface area contributed by atoms with Crippen molar-refractivity contribution in [2.24, 2.45) is 0 Å². The maximum atomic E-state index is 2.52. The molecule has 0 aliphatic heterocycles. The van der Waals surface area contributed by atoms with Gasteiger partial charge >= 0.3 is 101 Å². The Kier molecular flexibility index (Phi) is 5.33. The van der Waals surface area contributed by atoms with Crippen molar-refractivity contribution < 1.29 is 17.3 Å². The fraction of sp³-hybridized carbons (Fsp3) is 0.714. The summed E-state index contributed by atoms with van der Waals surface area (Å²) in [5, 5.41) is 0. The van der Waals surface area contributed by atoms with Gasteiger partial charge in [0.1, 0.15) is 0 Å². The second-order valence-electron chi connectivity index (χ2n) is 4.26. The van der Waals surface area contributed by atoms with Crippen molar-refractivity contribution in [1.29, 1.82) is 0 Å². The number of hydrogen-bond acceptors (Lipinski definition) is 0. The summed E-state index contributed by atoms with van der Waals surface area (Å²) in [6.07, 6.45) is 11.3. The molecule has 0 bridgehead atoms. The van der Waals surface area contributed by atoms with Crippen LogP contribution < -0.4 is 0 Å². The van der Waals surface area contributed by atoms with E-state index in [0.717, 1.165) is 0 Å². The topological polar surface area (TPSA) is 0 Å². The van der Waals surface area contributed by atoms with Crippen molar-refractivity contribution in [1.82, 2.24) is 0 Å². The zero-order valence-electron chi connectivity index (χ0n) is 10.6. The average molecular weight is 388 g/mol. The van der Waals surface area contributed by atoms with Crippen LogP contribution in [0, 0.1) is 0 Å². The first-order valence-corrected chi connectivity index (χ1v) is 10.3. The van der Waals surface area contributed by atoms with E-state index in [1.165, 1.54) is 28.9 Å². The summed E-state index contributed by atoms with van der Waals surface area (Å²) in [6, 6.07) is 0. The van der Waals surface area contributed by atoms with Crippen LogP contribution in [0.15, 0.2) is 23.8 Å². The van der Waals surface area contributed by atoms with Gasteiger partial charge in [0, 0.05) is 0 Å². The standard InChI is InChI=1S/C10H15.2C2H5.Pt/c1-9-5-3-7-10(2)8-4-6-9;2*1-2;/h3,5,7H,4,6,8H2,1-2H3;2*1H2,2H3;/b5-3-,10-7-;;;. The van der Waals surface area contributed by atoms with Crippen LogP contribution in [0.2, 0.25) is 13.4 Å². The van der Waals surface area contributed by atoms with Crippen LogP contribution in [0.4, 0.5) is 0 Å². The molecule has 0 heterocycles. The van der Waals surface area contributed by atoms with Crippen molar-refractivity contribution in [3.63, 3.8) is 0 Å². The summed E-state index contributed by atoms with van der Waals surface area (Å²) in [7, 11) is 0. The van der Waals surface area contributed by atoms with Crippen LogP contribution in [0.1, 0.15) is 47.0 Å². The Hall–Kier alpha value is 0.168. The Morgan fingerprint density at radius 1 is 1.33 bits per heavy atom. The Bertz CT molecular complexity index is 248. The summed E-state index contributed by atoms with van der Waals surface area (Å²) in [6.45, 7) is 9.56. The van der Waals surface area contributed by atoms with Gasteiger partial charge in [-0.2, -0.15) is 0 Å². The van der Waals surface area contributed by atoms with Gasteiger partial charge in [-0.3, -0.25) is 0 Å². The van der Waals surface area contributed by atoms with Crippen molar-refractivity contribution in [3.05, 3.63) is 23.8 Å². The van der Waals surface area contributed by atoms with E-state index in [0.29, 0.717) is 3.80 Å². The minimum absolute atomic E-state index is 0.589. The molecule has 0 saturated carbocycles. The third-order valence-electron chi connectivity index (χ3n) is 3.09. The average Bonchev–Trinajstić information content (AvgIpc) is 2.17. The molecule has 0 spiro atoms. The minimum atomic E-state index is -0.763. The quantitative estimate of drug-likeness (QED) is 0.612. The molecule has 0 N–H and O–H groups in total. The molecule has 0 amide bonds. The molecule has 1 unspecified atom stereocenters. The number of hydrogen-bond donors (Lipinski definition) is 0. The fourth-order valence-corrected chi connectivity index (χ4v) is 8.90. The molecule has 91 valence electrons. The summed E-state index contributed by atoms with van der Waals surface area (Å²) < 4.78 is 0.589. The second-order valence-corrected chi connectivity index (χ2v) is 12.8. The Morgan fingerprint density at radius 3 is 2.60 bits per heavy atom. The molecule has 0 aromatic carbocycles. The van der Waals surface area contributed by atoms with Crippen LogP contribution >= 0.6 is 0 Å². The molecule has 1 rings (SSSR count). The number of rotatable bonds is 3. The van der Waals surface area contributed by atoms with E-state index < -0.39 is 17.3 Å². The van der Waals surface area contributed by atoms with Crippen LogP contribution in [0.3, 0.4) is 0 Å². The molecule has 0 saturated heterocycles. The van der Waals surface area contributed by atoms with Gasteiger partial charge in [-0.05, 0) is 0 Å². The second kappa shape index (κ2) is 6.04. The fourth-order valence-electron chi connectivity index (χ4n) is 2.13. The first-order chi connectivity index (χ1) is 7.12. The van der Waals surface area contributed by atoms with Crippen molar-refractivity contribution in [2.75, 3.05) is 0 Å². The van der Waals surface area contributed by atoms with Gasteiger partial charge < -0.3 is 0 Å². The molecule has 0 radical (unpaired) electrons. The molecule has 0 aromatic heterocycles. The van der Waals surface area contributed by atoms with E-state index >= 15 is 0 Å². The molecular weight excluding hydrogens is 363 g/mol. The molecule has 1 atom stereocenters. The molecule has 1 aliphatic rings. The predicted molar refractivity (Wildman–Crippen MR) is 66.1 cm³/mol. The molecule has 0 nitrogen and oxygen atoms in total.